The molecule has 0 aromatic heterocycles. The van der Waals surface area contributed by atoms with E-state index >= 15 is 0 Å². The fraction of sp³-hybridized carbons (Fsp3) is 0.250. The lowest BCUT2D eigenvalue weighted by atomic mass is 9.49. The van der Waals surface area contributed by atoms with Crippen molar-refractivity contribution in [2.75, 3.05) is 0 Å². The molecule has 1 spiro atoms. The van der Waals surface area contributed by atoms with Crippen LogP contribution in [0.5, 0.6) is 0 Å². The Morgan fingerprint density at radius 2 is 0.729 bits per heavy atom. The average molecular weight is 625 g/mol. The van der Waals surface area contributed by atoms with Crippen LogP contribution in [0.1, 0.15) is 134 Å². The van der Waals surface area contributed by atoms with Crippen LogP contribution in [0, 0.1) is 0 Å². The minimum absolute atomic E-state index is 0.295. The minimum Gasteiger partial charge on any atom is -0.0683 e. The Bertz CT molecular complexity index is 2000. The monoisotopic (exact) mass is 624 g/mol. The Morgan fingerprint density at radius 1 is 0.375 bits per heavy atom. The molecule has 0 nitrogen and oxygen atoms in total. The van der Waals surface area contributed by atoms with Crippen molar-refractivity contribution in [3.63, 3.8) is 0 Å². The van der Waals surface area contributed by atoms with Gasteiger partial charge in [-0.15, -0.1) is 0 Å². The van der Waals surface area contributed by atoms with Gasteiger partial charge in [-0.05, 0) is 95.4 Å². The van der Waals surface area contributed by atoms with Crippen molar-refractivity contribution in [1.82, 2.24) is 0 Å². The zero-order valence-electron chi connectivity index (χ0n) is 29.9. The maximum absolute atomic E-state index is 2.46. The summed E-state index contributed by atoms with van der Waals surface area (Å²) in [5.41, 5.74) is 23.5. The van der Waals surface area contributed by atoms with Gasteiger partial charge >= 0.3 is 0 Å². The molecule has 11 rings (SSSR count). The van der Waals surface area contributed by atoms with Crippen LogP contribution in [-0.4, -0.2) is 0 Å². The molecule has 0 radical (unpaired) electrons. The lowest BCUT2D eigenvalue weighted by molar-refractivity contribution is 0.620. The van der Waals surface area contributed by atoms with Crippen molar-refractivity contribution in [2.45, 2.75) is 79.1 Å². The Kier molecular flexibility index (Phi) is 8.24. The Balaban J connectivity index is 0.000000428. The molecular weight excluding hydrogens is 577 g/mol. The lowest BCUT2D eigenvalue weighted by Gasteiger charge is -2.52. The summed E-state index contributed by atoms with van der Waals surface area (Å²) in [6, 6.07) is 47.0. The molecule has 0 aliphatic heterocycles. The molecule has 5 aliphatic rings. The summed E-state index contributed by atoms with van der Waals surface area (Å²) < 4.78 is 0. The fourth-order valence-electron chi connectivity index (χ4n) is 9.72. The second-order valence-corrected chi connectivity index (χ2v) is 12.3. The molecule has 6 aromatic carbocycles. The van der Waals surface area contributed by atoms with E-state index in [-0.39, 0.29) is 5.41 Å². The molecule has 0 heteroatoms. The first-order valence-electron chi connectivity index (χ1n) is 18.6. The highest BCUT2D eigenvalue weighted by molar-refractivity contribution is 5.93. The lowest BCUT2D eigenvalue weighted by Crippen LogP contribution is -2.45. The van der Waals surface area contributed by atoms with Crippen molar-refractivity contribution in [3.05, 3.63) is 188 Å². The van der Waals surface area contributed by atoms with Crippen molar-refractivity contribution in [2.24, 2.45) is 0 Å². The van der Waals surface area contributed by atoms with E-state index in [0.717, 1.165) is 6.42 Å². The summed E-state index contributed by atoms with van der Waals surface area (Å²) >= 11 is 0. The Hall–Kier alpha value is -4.68. The number of benzene rings is 6. The summed E-state index contributed by atoms with van der Waals surface area (Å²) in [6.07, 6.45) is 1.00. The van der Waals surface area contributed by atoms with Gasteiger partial charge in [0, 0.05) is 11.8 Å². The maximum Gasteiger partial charge on any atom is 0.0719 e. The van der Waals surface area contributed by atoms with E-state index in [1.165, 1.54) is 66.8 Å². The Morgan fingerprint density at radius 3 is 1.15 bits per heavy atom. The number of hydrogen-bond acceptors (Lipinski definition) is 0. The third-order valence-electron chi connectivity index (χ3n) is 10.8. The third-order valence-corrected chi connectivity index (χ3v) is 10.8. The van der Waals surface area contributed by atoms with Crippen LogP contribution in [0.2, 0.25) is 0 Å². The number of rotatable bonds is 0. The summed E-state index contributed by atoms with van der Waals surface area (Å²) in [5.74, 6) is 0.590. The summed E-state index contributed by atoms with van der Waals surface area (Å²) in [7, 11) is 0. The highest BCUT2D eigenvalue weighted by Crippen LogP contribution is 2.69. The first-order valence-corrected chi connectivity index (χ1v) is 18.6. The van der Waals surface area contributed by atoms with E-state index in [1.54, 1.807) is 22.3 Å². The van der Waals surface area contributed by atoms with Gasteiger partial charge in [0.1, 0.15) is 0 Å². The predicted molar refractivity (Wildman–Crippen MR) is 206 cm³/mol. The summed E-state index contributed by atoms with van der Waals surface area (Å²) in [4.78, 5) is 0. The van der Waals surface area contributed by atoms with Crippen LogP contribution in [0.15, 0.2) is 121 Å². The van der Waals surface area contributed by atoms with Crippen molar-refractivity contribution in [1.29, 1.82) is 0 Å². The van der Waals surface area contributed by atoms with Gasteiger partial charge < -0.3 is 0 Å². The molecule has 0 N–H and O–H groups in total. The fourth-order valence-corrected chi connectivity index (χ4v) is 9.72. The van der Waals surface area contributed by atoms with Gasteiger partial charge in [0.05, 0.1) is 5.41 Å². The largest absolute Gasteiger partial charge is 0.0719 e. The third kappa shape index (κ3) is 3.78. The van der Waals surface area contributed by atoms with Gasteiger partial charge in [0.15, 0.2) is 0 Å². The van der Waals surface area contributed by atoms with Crippen LogP contribution in [0.4, 0.5) is 0 Å². The van der Waals surface area contributed by atoms with E-state index in [4.69, 9.17) is 0 Å². The smallest absolute Gasteiger partial charge is 0.0683 e. The van der Waals surface area contributed by atoms with E-state index in [1.807, 2.05) is 55.4 Å². The van der Waals surface area contributed by atoms with E-state index in [0.29, 0.717) is 11.8 Å². The predicted octanol–water partition coefficient (Wildman–Crippen LogP) is 13.0. The molecule has 2 unspecified atom stereocenters. The molecule has 48 heavy (non-hydrogen) atoms. The second-order valence-electron chi connectivity index (χ2n) is 12.3. The van der Waals surface area contributed by atoms with Crippen molar-refractivity contribution >= 4 is 0 Å². The molecule has 5 aliphatic carbocycles. The van der Waals surface area contributed by atoms with E-state index in [2.05, 4.69) is 121 Å². The van der Waals surface area contributed by atoms with Gasteiger partial charge in [-0.1, -0.05) is 177 Å². The van der Waals surface area contributed by atoms with Gasteiger partial charge in [0.25, 0.3) is 0 Å². The van der Waals surface area contributed by atoms with Crippen molar-refractivity contribution < 1.29 is 0 Å². The Labute approximate surface area is 288 Å². The first kappa shape index (κ1) is 31.9. The maximum atomic E-state index is 2.46. The molecule has 0 heterocycles. The quantitative estimate of drug-likeness (QED) is 0.157. The molecule has 0 bridgehead atoms. The highest BCUT2D eigenvalue weighted by atomic mass is 14.6. The van der Waals surface area contributed by atoms with Gasteiger partial charge in [0.2, 0.25) is 0 Å². The van der Waals surface area contributed by atoms with Crippen LogP contribution in [0.25, 0.3) is 22.3 Å². The van der Waals surface area contributed by atoms with E-state index < -0.39 is 0 Å². The SMILES string of the molecule is CC.CC.CC.CC.c1ccc2c(c1)-c1ccc3c4c1C2c1ccccc1C41c2ccccc2C2c4ccccc4-c4ccc(c1c42)C3. The van der Waals surface area contributed by atoms with Crippen LogP contribution in [0.3, 0.4) is 0 Å². The molecular formula is C48H48. The normalized spacial score (nSPS) is 18.8. The molecule has 0 fully saturated rings. The molecule has 0 saturated carbocycles. The van der Waals surface area contributed by atoms with Gasteiger partial charge in [-0.3, -0.25) is 0 Å². The highest BCUT2D eigenvalue weighted by Gasteiger charge is 2.58. The summed E-state index contributed by atoms with van der Waals surface area (Å²) in [5, 5.41) is 0. The van der Waals surface area contributed by atoms with Crippen LogP contribution < -0.4 is 0 Å². The molecule has 240 valence electrons. The molecule has 6 aromatic rings. The van der Waals surface area contributed by atoms with Gasteiger partial charge in [-0.25, -0.2) is 0 Å². The average Bonchev–Trinajstić information content (AvgIpc) is 3.71. The second kappa shape index (κ2) is 12.4. The van der Waals surface area contributed by atoms with E-state index in [9.17, 15) is 0 Å². The molecule has 0 saturated heterocycles. The minimum atomic E-state index is -0.302. The summed E-state index contributed by atoms with van der Waals surface area (Å²) in [6.45, 7) is 16.0. The van der Waals surface area contributed by atoms with Crippen LogP contribution in [-0.2, 0) is 11.8 Å². The van der Waals surface area contributed by atoms with Gasteiger partial charge in [-0.2, -0.15) is 0 Å². The standard InChI is InChI=1S/C40H24.4C2H6/c1-3-11-26-24(9-1)28-19-17-22-21-23-18-20-29-25-10-2-4-12-27(25)35-31-14-6-8-16-33(31)40(39(23)37(29)35)32-15-7-5-13-30(32)34(26)36(28)38(22)40;4*1-2/h1-20,34-35H,21H2;4*1-2H3. The molecule has 2 atom stereocenters. The number of hydrogen-bond donors (Lipinski definition) is 0. The zero-order valence-corrected chi connectivity index (χ0v) is 29.9. The molecule has 0 amide bonds. The number of fused-ring (bicyclic) bond motifs is 10. The topological polar surface area (TPSA) is 0 Å². The van der Waals surface area contributed by atoms with Crippen molar-refractivity contribution in [3.8, 4) is 22.3 Å². The van der Waals surface area contributed by atoms with Crippen LogP contribution >= 0.6 is 0 Å². The zero-order chi connectivity index (χ0) is 33.7. The first-order chi connectivity index (χ1) is 23.9.